The molecule has 0 bridgehead atoms. The van der Waals surface area contributed by atoms with Gasteiger partial charge in [0.25, 0.3) is 0 Å². The first kappa shape index (κ1) is 30.0. The molecule has 4 heterocycles. The highest BCUT2D eigenvalue weighted by atomic mass is 16.6. The van der Waals surface area contributed by atoms with Crippen molar-refractivity contribution in [1.29, 1.82) is 0 Å². The van der Waals surface area contributed by atoms with Crippen LogP contribution in [0, 0.1) is 5.92 Å². The molecule has 4 aromatic rings. The van der Waals surface area contributed by atoms with Crippen LogP contribution in [0.3, 0.4) is 0 Å². The van der Waals surface area contributed by atoms with E-state index in [0.29, 0.717) is 30.0 Å². The van der Waals surface area contributed by atoms with E-state index in [1.165, 1.54) is 11.9 Å². The van der Waals surface area contributed by atoms with E-state index in [4.69, 9.17) is 15.5 Å². The Kier molecular flexibility index (Phi) is 8.00. The lowest BCUT2D eigenvalue weighted by atomic mass is 9.76. The first-order valence-corrected chi connectivity index (χ1v) is 15.8. The zero-order valence-corrected chi connectivity index (χ0v) is 26.3. The molecule has 0 spiro atoms. The molecule has 0 unspecified atom stereocenters. The Morgan fingerprint density at radius 2 is 1.93 bits per heavy atom. The number of benzene rings is 1. The van der Waals surface area contributed by atoms with E-state index in [9.17, 15) is 10.2 Å². The van der Waals surface area contributed by atoms with E-state index >= 15 is 0 Å². The summed E-state index contributed by atoms with van der Waals surface area (Å²) >= 11 is 0. The second-order valence-corrected chi connectivity index (χ2v) is 13.9. The van der Waals surface area contributed by atoms with Crippen molar-refractivity contribution in [3.05, 3.63) is 47.7 Å². The summed E-state index contributed by atoms with van der Waals surface area (Å²) in [4.78, 5) is 19.4. The summed E-state index contributed by atoms with van der Waals surface area (Å²) in [5.74, 6) is 2.11. The maximum absolute atomic E-state index is 11.1. The number of aliphatic hydroxyl groups excluding tert-OH is 2. The molecule has 2 fully saturated rings. The molecule has 4 atom stereocenters. The second-order valence-electron chi connectivity index (χ2n) is 13.9. The first-order chi connectivity index (χ1) is 20.4. The first-order valence-electron chi connectivity index (χ1n) is 15.8. The molecule has 10 nitrogen and oxygen atoms in total. The number of aliphatic hydroxyl groups is 2. The van der Waals surface area contributed by atoms with Crippen molar-refractivity contribution in [3.63, 3.8) is 0 Å². The summed E-state index contributed by atoms with van der Waals surface area (Å²) < 4.78 is 8.18. The van der Waals surface area contributed by atoms with Gasteiger partial charge in [-0.15, -0.1) is 0 Å². The largest absolute Gasteiger partial charge is 0.387 e. The number of hydrogen-bond donors (Lipinski definition) is 4. The van der Waals surface area contributed by atoms with Gasteiger partial charge in [-0.3, -0.25) is 4.90 Å². The van der Waals surface area contributed by atoms with Gasteiger partial charge < -0.3 is 30.2 Å². The van der Waals surface area contributed by atoms with Crippen LogP contribution in [0.4, 0.5) is 5.82 Å². The molecule has 1 aliphatic heterocycles. The number of ether oxygens (including phenoxy) is 1. The van der Waals surface area contributed by atoms with E-state index in [-0.39, 0.29) is 11.5 Å². The van der Waals surface area contributed by atoms with E-state index < -0.39 is 24.5 Å². The Morgan fingerprint density at radius 1 is 1.16 bits per heavy atom. The van der Waals surface area contributed by atoms with Crippen LogP contribution in [-0.4, -0.2) is 76.6 Å². The third kappa shape index (κ3) is 5.66. The smallest absolute Gasteiger partial charge is 0.164 e. The fourth-order valence-electron chi connectivity index (χ4n) is 6.94. The maximum Gasteiger partial charge on any atom is 0.164 e. The number of fused-ring (bicyclic) bond motifs is 2. The van der Waals surface area contributed by atoms with E-state index in [1.807, 2.05) is 13.1 Å². The summed E-state index contributed by atoms with van der Waals surface area (Å²) in [7, 11) is 0. The zero-order chi connectivity index (χ0) is 30.6. The number of nitrogens with zero attached hydrogens (tertiary/aromatic N) is 5. The van der Waals surface area contributed by atoms with Gasteiger partial charge in [-0.25, -0.2) is 15.0 Å². The Morgan fingerprint density at radius 3 is 2.63 bits per heavy atom. The van der Waals surface area contributed by atoms with E-state index in [2.05, 4.69) is 72.7 Å². The molecule has 232 valence electrons. The molecule has 10 heteroatoms. The van der Waals surface area contributed by atoms with Crippen molar-refractivity contribution in [2.75, 3.05) is 12.3 Å². The standard InChI is InChI=1S/C33H47N7O3/c1-7-20-15-40(31-27(20)30(34)35-17-36-31)32-29(42)28(41)25(43-32)16-39(18(2)3)22-12-19(13-22)8-11-26-37-23-10-9-21(33(4,5)6)14-24(23)38-26/h9-10,14-15,17-19,22,25,28-29,32,41-42H,7-8,11-13,16H2,1-6H3,(H,37,38)(H2,34,35,36)/t19-,22+,25-,28-,29-,32-/m1/s1. The van der Waals surface area contributed by atoms with Crippen LogP contribution in [0.2, 0.25) is 0 Å². The fourth-order valence-corrected chi connectivity index (χ4v) is 6.94. The van der Waals surface area contributed by atoms with Crippen molar-refractivity contribution in [1.82, 2.24) is 29.4 Å². The van der Waals surface area contributed by atoms with Crippen LogP contribution in [-0.2, 0) is 23.0 Å². The normalized spacial score (nSPS) is 26.3. The summed E-state index contributed by atoms with van der Waals surface area (Å²) in [6.07, 6.45) is 5.00. The number of aromatic amines is 1. The molecule has 6 rings (SSSR count). The molecule has 2 aliphatic rings. The van der Waals surface area contributed by atoms with Gasteiger partial charge in [0.05, 0.1) is 16.4 Å². The van der Waals surface area contributed by atoms with Crippen molar-refractivity contribution < 1.29 is 14.9 Å². The van der Waals surface area contributed by atoms with E-state index in [0.717, 1.165) is 59.9 Å². The van der Waals surface area contributed by atoms with Gasteiger partial charge in [0.2, 0.25) is 0 Å². The molecule has 1 saturated heterocycles. The number of nitrogen functional groups attached to an aromatic ring is 1. The Balaban J connectivity index is 1.07. The number of H-pyrrole nitrogens is 1. The number of hydrogen-bond acceptors (Lipinski definition) is 8. The minimum absolute atomic E-state index is 0.105. The van der Waals surface area contributed by atoms with Gasteiger partial charge in [-0.2, -0.15) is 0 Å². The number of aryl methyl sites for hydroxylation is 2. The van der Waals surface area contributed by atoms with Crippen LogP contribution >= 0.6 is 0 Å². The predicted molar refractivity (Wildman–Crippen MR) is 169 cm³/mol. The topological polar surface area (TPSA) is 138 Å². The third-order valence-corrected chi connectivity index (χ3v) is 9.63. The van der Waals surface area contributed by atoms with Crippen LogP contribution < -0.4 is 5.73 Å². The van der Waals surface area contributed by atoms with Gasteiger partial charge >= 0.3 is 0 Å². The van der Waals surface area contributed by atoms with Gasteiger partial charge in [0, 0.05) is 31.2 Å². The van der Waals surface area contributed by atoms with Gasteiger partial charge in [-0.1, -0.05) is 33.8 Å². The minimum Gasteiger partial charge on any atom is -0.387 e. The van der Waals surface area contributed by atoms with Gasteiger partial charge in [-0.05, 0) is 74.1 Å². The van der Waals surface area contributed by atoms with Crippen LogP contribution in [0.1, 0.15) is 84.0 Å². The number of rotatable bonds is 9. The number of nitrogens with two attached hydrogens (primary N) is 1. The molecule has 5 N–H and O–H groups in total. The summed E-state index contributed by atoms with van der Waals surface area (Å²) in [5, 5.41) is 22.9. The molecule has 3 aromatic heterocycles. The molecule has 43 heavy (non-hydrogen) atoms. The summed E-state index contributed by atoms with van der Waals surface area (Å²) in [6, 6.07) is 7.27. The zero-order valence-electron chi connectivity index (χ0n) is 26.3. The monoisotopic (exact) mass is 589 g/mol. The summed E-state index contributed by atoms with van der Waals surface area (Å²) in [5.41, 5.74) is 11.3. The highest BCUT2D eigenvalue weighted by Gasteiger charge is 2.46. The molecule has 0 radical (unpaired) electrons. The predicted octanol–water partition coefficient (Wildman–Crippen LogP) is 4.49. The van der Waals surface area contributed by atoms with Crippen LogP contribution in [0.5, 0.6) is 0 Å². The quantitative estimate of drug-likeness (QED) is 0.224. The summed E-state index contributed by atoms with van der Waals surface area (Å²) in [6.45, 7) is 13.7. The minimum atomic E-state index is -1.08. The number of anilines is 1. The van der Waals surface area contributed by atoms with Crippen molar-refractivity contribution >= 4 is 27.9 Å². The lowest BCUT2D eigenvalue weighted by molar-refractivity contribution is -0.0619. The molecule has 1 saturated carbocycles. The van der Waals surface area contributed by atoms with Gasteiger partial charge in [0.1, 0.15) is 41.9 Å². The highest BCUT2D eigenvalue weighted by Crippen LogP contribution is 2.39. The van der Waals surface area contributed by atoms with Crippen molar-refractivity contribution in [2.24, 2.45) is 5.92 Å². The lowest BCUT2D eigenvalue weighted by Crippen LogP contribution is -2.52. The number of nitrogens with one attached hydrogen (secondary N) is 1. The molecule has 1 aromatic carbocycles. The maximum atomic E-state index is 11.1. The Labute approximate surface area is 253 Å². The average molecular weight is 590 g/mol. The lowest BCUT2D eigenvalue weighted by Gasteiger charge is -2.46. The Hall–Kier alpha value is -3.05. The third-order valence-electron chi connectivity index (χ3n) is 9.63. The van der Waals surface area contributed by atoms with Gasteiger partial charge in [0.15, 0.2) is 6.23 Å². The van der Waals surface area contributed by atoms with Crippen LogP contribution in [0.15, 0.2) is 30.7 Å². The molecule has 1 aliphatic carbocycles. The number of aromatic nitrogens is 5. The van der Waals surface area contributed by atoms with Crippen molar-refractivity contribution in [2.45, 2.75) is 116 Å². The highest BCUT2D eigenvalue weighted by molar-refractivity contribution is 5.89. The second kappa shape index (κ2) is 11.5. The molecule has 0 amide bonds. The van der Waals surface area contributed by atoms with E-state index in [1.54, 1.807) is 4.57 Å². The SMILES string of the molecule is CCc1cn([C@@H]2O[C@H](CN(C(C)C)[C@H]3C[C@@H](CCc4nc5cc(C(C)(C)C)ccc5[nH]4)C3)[C@@H](O)[C@H]2O)c2ncnc(N)c12. The number of imidazole rings is 1. The van der Waals surface area contributed by atoms with Crippen LogP contribution in [0.25, 0.3) is 22.1 Å². The van der Waals surface area contributed by atoms with Crippen molar-refractivity contribution in [3.8, 4) is 0 Å². The Bertz CT molecular complexity index is 1580. The fraction of sp³-hybridized carbons (Fsp3) is 0.606. The molecular formula is C33H47N7O3. The average Bonchev–Trinajstić information content (AvgIpc) is 3.60. The molecular weight excluding hydrogens is 542 g/mol.